The van der Waals surface area contributed by atoms with Crippen molar-refractivity contribution in [2.75, 3.05) is 19.0 Å². The van der Waals surface area contributed by atoms with E-state index in [2.05, 4.69) is 15.6 Å². The van der Waals surface area contributed by atoms with Crippen molar-refractivity contribution in [3.63, 3.8) is 0 Å². The van der Waals surface area contributed by atoms with Gasteiger partial charge in [-0.25, -0.2) is 19.5 Å². The molecular formula is C24H27Cl2N5O5. The molecule has 12 heteroatoms. The molecule has 0 radical (unpaired) electrons. The number of amides is 4. The molecular weight excluding hydrogens is 509 g/mol. The van der Waals surface area contributed by atoms with Crippen molar-refractivity contribution in [1.29, 1.82) is 0 Å². The standard InChI is InChI=1S/C24H27Cl2N5O5/c1-14(21(32)35-2)12-31-23(33)29-22(30(24(31)34)13-15-6-8-16(25)9-7-15)28-17-10-19(26)20(27-11-17)36-18-4-3-5-18/h6-11,14,18,22,28H,3-5,12-13H2,1-2H3,(H,29,33)/t14-,22?/m0/s1. The van der Waals surface area contributed by atoms with Crippen molar-refractivity contribution >= 4 is 46.9 Å². The number of carbonyl (C=O) groups is 3. The van der Waals surface area contributed by atoms with Crippen LogP contribution in [-0.2, 0) is 16.1 Å². The summed E-state index contributed by atoms with van der Waals surface area (Å²) in [6.07, 6.45) is 3.80. The Morgan fingerprint density at radius 2 is 1.97 bits per heavy atom. The Kier molecular flexibility index (Phi) is 8.05. The lowest BCUT2D eigenvalue weighted by Crippen LogP contribution is -2.67. The highest BCUT2D eigenvalue weighted by molar-refractivity contribution is 6.32. The Morgan fingerprint density at radius 1 is 1.25 bits per heavy atom. The first-order chi connectivity index (χ1) is 17.2. The maximum absolute atomic E-state index is 13.4. The first-order valence-corrected chi connectivity index (χ1v) is 12.3. The highest BCUT2D eigenvalue weighted by atomic mass is 35.5. The number of carbonyl (C=O) groups excluding carboxylic acids is 3. The van der Waals surface area contributed by atoms with Gasteiger partial charge in [0.2, 0.25) is 5.88 Å². The highest BCUT2D eigenvalue weighted by Gasteiger charge is 2.40. The Morgan fingerprint density at radius 3 is 2.58 bits per heavy atom. The number of aromatic nitrogens is 1. The van der Waals surface area contributed by atoms with Crippen molar-refractivity contribution in [3.8, 4) is 5.88 Å². The molecule has 36 heavy (non-hydrogen) atoms. The number of hydrogen-bond acceptors (Lipinski definition) is 7. The molecule has 1 aliphatic carbocycles. The van der Waals surface area contributed by atoms with Gasteiger partial charge in [0.25, 0.3) is 0 Å². The lowest BCUT2D eigenvalue weighted by atomic mass is 9.96. The molecule has 4 rings (SSSR count). The second-order valence-electron chi connectivity index (χ2n) is 8.75. The average molecular weight is 536 g/mol. The maximum atomic E-state index is 13.4. The molecule has 1 saturated carbocycles. The van der Waals surface area contributed by atoms with Crippen LogP contribution >= 0.6 is 23.2 Å². The van der Waals surface area contributed by atoms with Crippen molar-refractivity contribution in [3.05, 3.63) is 52.1 Å². The zero-order valence-corrected chi connectivity index (χ0v) is 21.4. The van der Waals surface area contributed by atoms with E-state index >= 15 is 0 Å². The monoisotopic (exact) mass is 535 g/mol. The molecule has 0 bridgehead atoms. The number of ether oxygens (including phenoxy) is 2. The summed E-state index contributed by atoms with van der Waals surface area (Å²) >= 11 is 12.4. The number of urea groups is 2. The number of rotatable bonds is 9. The number of nitrogens with zero attached hydrogens (tertiary/aromatic N) is 3. The van der Waals surface area contributed by atoms with E-state index in [0.29, 0.717) is 21.6 Å². The van der Waals surface area contributed by atoms with Gasteiger partial charge in [-0.05, 0) is 43.0 Å². The summed E-state index contributed by atoms with van der Waals surface area (Å²) in [4.78, 5) is 44.9. The number of methoxy groups -OCH3 is 1. The van der Waals surface area contributed by atoms with E-state index in [1.165, 1.54) is 18.2 Å². The number of nitrogens with one attached hydrogen (secondary N) is 2. The largest absolute Gasteiger partial charge is 0.473 e. The van der Waals surface area contributed by atoms with Gasteiger partial charge in [0.05, 0.1) is 31.5 Å². The molecule has 0 spiro atoms. The van der Waals surface area contributed by atoms with E-state index < -0.39 is 30.2 Å². The number of benzene rings is 1. The lowest BCUT2D eigenvalue weighted by molar-refractivity contribution is -0.145. The van der Waals surface area contributed by atoms with E-state index in [1.807, 2.05) is 0 Å². The predicted octanol–water partition coefficient (Wildman–Crippen LogP) is 4.47. The fourth-order valence-corrected chi connectivity index (χ4v) is 4.13. The van der Waals surface area contributed by atoms with Crippen molar-refractivity contribution in [2.24, 2.45) is 5.92 Å². The van der Waals surface area contributed by atoms with Crippen LogP contribution in [0.2, 0.25) is 10.0 Å². The van der Waals surface area contributed by atoms with Crippen LogP contribution in [0.1, 0.15) is 31.7 Å². The van der Waals surface area contributed by atoms with Gasteiger partial charge in [-0.15, -0.1) is 0 Å². The molecule has 2 atom stereocenters. The molecule has 1 unspecified atom stereocenters. The third-order valence-electron chi connectivity index (χ3n) is 6.06. The van der Waals surface area contributed by atoms with Gasteiger partial charge in [0, 0.05) is 11.6 Å². The van der Waals surface area contributed by atoms with Crippen LogP contribution in [0.3, 0.4) is 0 Å². The summed E-state index contributed by atoms with van der Waals surface area (Å²) in [6.45, 7) is 1.60. The molecule has 1 saturated heterocycles. The van der Waals surface area contributed by atoms with Gasteiger partial charge in [-0.1, -0.05) is 42.3 Å². The van der Waals surface area contributed by atoms with Gasteiger partial charge in [-0.3, -0.25) is 15.0 Å². The van der Waals surface area contributed by atoms with Crippen LogP contribution in [0.25, 0.3) is 0 Å². The molecule has 1 aliphatic heterocycles. The summed E-state index contributed by atoms with van der Waals surface area (Å²) in [5.41, 5.74) is 1.27. The minimum atomic E-state index is -0.915. The maximum Gasteiger partial charge on any atom is 0.331 e. The minimum Gasteiger partial charge on any atom is -0.473 e. The molecule has 10 nitrogen and oxygen atoms in total. The van der Waals surface area contributed by atoms with E-state index in [9.17, 15) is 14.4 Å². The van der Waals surface area contributed by atoms with Crippen LogP contribution in [0.5, 0.6) is 5.88 Å². The molecule has 1 aromatic heterocycles. The minimum absolute atomic E-state index is 0.122. The zero-order valence-electron chi connectivity index (χ0n) is 19.9. The van der Waals surface area contributed by atoms with Gasteiger partial charge in [-0.2, -0.15) is 0 Å². The SMILES string of the molecule is COC(=O)[C@@H](C)CN1C(=O)NC(Nc2cnc(OC3CCC3)c(Cl)c2)N(Cc2ccc(Cl)cc2)C1=O. The van der Waals surface area contributed by atoms with Crippen LogP contribution in [0, 0.1) is 5.92 Å². The summed E-state index contributed by atoms with van der Waals surface area (Å²) < 4.78 is 10.5. The van der Waals surface area contributed by atoms with E-state index in [0.717, 1.165) is 29.7 Å². The number of imide groups is 1. The van der Waals surface area contributed by atoms with Gasteiger partial charge in [0.1, 0.15) is 11.1 Å². The number of halogens is 2. The van der Waals surface area contributed by atoms with Crippen molar-refractivity contribution in [1.82, 2.24) is 20.1 Å². The normalized spacial score (nSPS) is 18.8. The van der Waals surface area contributed by atoms with Crippen LogP contribution in [-0.4, -0.2) is 58.9 Å². The molecule has 2 heterocycles. The van der Waals surface area contributed by atoms with Crippen LogP contribution in [0.4, 0.5) is 15.3 Å². The third-order valence-corrected chi connectivity index (χ3v) is 6.58. The fourth-order valence-electron chi connectivity index (χ4n) is 3.79. The quantitative estimate of drug-likeness (QED) is 0.455. The van der Waals surface area contributed by atoms with Gasteiger partial charge >= 0.3 is 18.0 Å². The zero-order chi connectivity index (χ0) is 25.8. The van der Waals surface area contributed by atoms with Crippen LogP contribution < -0.4 is 15.4 Å². The molecule has 2 fully saturated rings. The second-order valence-corrected chi connectivity index (χ2v) is 9.59. The average Bonchev–Trinajstić information content (AvgIpc) is 2.83. The van der Waals surface area contributed by atoms with E-state index in [1.54, 1.807) is 37.3 Å². The highest BCUT2D eigenvalue weighted by Crippen LogP contribution is 2.31. The molecule has 2 aliphatic rings. The third kappa shape index (κ3) is 5.93. The fraction of sp³-hybridized carbons (Fsp3) is 0.417. The summed E-state index contributed by atoms with van der Waals surface area (Å²) in [6, 6.07) is 7.41. The Labute approximate surface area is 218 Å². The molecule has 1 aromatic carbocycles. The molecule has 4 amide bonds. The van der Waals surface area contributed by atoms with Crippen molar-refractivity contribution < 1.29 is 23.9 Å². The van der Waals surface area contributed by atoms with Crippen molar-refractivity contribution in [2.45, 2.75) is 45.1 Å². The number of hydrogen-bond donors (Lipinski definition) is 2. The molecule has 2 aromatic rings. The summed E-state index contributed by atoms with van der Waals surface area (Å²) in [5, 5.41) is 6.76. The smallest absolute Gasteiger partial charge is 0.331 e. The van der Waals surface area contributed by atoms with Crippen LogP contribution in [0.15, 0.2) is 36.5 Å². The van der Waals surface area contributed by atoms with E-state index in [4.69, 9.17) is 32.7 Å². The second kappa shape index (κ2) is 11.2. The van der Waals surface area contributed by atoms with Gasteiger partial charge in [0.15, 0.2) is 6.29 Å². The Hall–Kier alpha value is -3.24. The Bertz CT molecular complexity index is 1130. The number of pyridine rings is 1. The predicted molar refractivity (Wildman–Crippen MR) is 134 cm³/mol. The first kappa shape index (κ1) is 25.8. The number of esters is 1. The topological polar surface area (TPSA) is 113 Å². The summed E-state index contributed by atoms with van der Waals surface area (Å²) in [5.74, 6) is -0.875. The Balaban J connectivity index is 1.54. The van der Waals surface area contributed by atoms with E-state index in [-0.39, 0.29) is 19.2 Å². The number of anilines is 1. The molecule has 192 valence electrons. The lowest BCUT2D eigenvalue weighted by Gasteiger charge is -2.41. The molecule has 2 N–H and O–H groups in total. The van der Waals surface area contributed by atoms with Gasteiger partial charge < -0.3 is 14.8 Å². The first-order valence-electron chi connectivity index (χ1n) is 11.5. The summed E-state index contributed by atoms with van der Waals surface area (Å²) in [7, 11) is 1.26.